The van der Waals surface area contributed by atoms with Crippen molar-refractivity contribution in [3.05, 3.63) is 35.8 Å². The molecule has 3 aromatic rings. The molecule has 0 unspecified atom stereocenters. The van der Waals surface area contributed by atoms with E-state index < -0.39 is 0 Å². The molecule has 2 aliphatic heterocycles. The summed E-state index contributed by atoms with van der Waals surface area (Å²) in [7, 11) is 2.17. The molecular weight excluding hydrogens is 326 g/mol. The second-order valence-electron chi connectivity index (χ2n) is 7.44. The highest BCUT2D eigenvalue weighted by molar-refractivity contribution is 6.03. The van der Waals surface area contributed by atoms with E-state index in [1.165, 1.54) is 0 Å². The van der Waals surface area contributed by atoms with Gasteiger partial charge in [-0.3, -0.25) is 4.98 Å². The van der Waals surface area contributed by atoms with Crippen LogP contribution in [0.5, 0.6) is 0 Å². The van der Waals surface area contributed by atoms with Gasteiger partial charge in [-0.05, 0) is 44.6 Å². The lowest BCUT2D eigenvalue weighted by Crippen LogP contribution is -2.19. The molecule has 6 nitrogen and oxygen atoms in total. The van der Waals surface area contributed by atoms with Crippen LogP contribution in [0.15, 0.2) is 24.4 Å². The summed E-state index contributed by atoms with van der Waals surface area (Å²) in [4.78, 5) is 11.9. The summed E-state index contributed by atoms with van der Waals surface area (Å²) in [6.07, 6.45) is 4.00. The van der Waals surface area contributed by atoms with Crippen molar-refractivity contribution in [2.75, 3.05) is 33.4 Å². The Balaban J connectivity index is 1.81. The van der Waals surface area contributed by atoms with E-state index in [0.717, 1.165) is 66.9 Å². The third-order valence-corrected chi connectivity index (χ3v) is 5.70. The summed E-state index contributed by atoms with van der Waals surface area (Å²) in [5.41, 5.74) is 3.62. The molecule has 2 fully saturated rings. The number of rotatable bonds is 2. The van der Waals surface area contributed by atoms with Crippen LogP contribution in [0.3, 0.4) is 0 Å². The lowest BCUT2D eigenvalue weighted by atomic mass is 10.1. The van der Waals surface area contributed by atoms with Gasteiger partial charge in [0.25, 0.3) is 0 Å². The van der Waals surface area contributed by atoms with Crippen LogP contribution >= 0.6 is 0 Å². The number of pyridine rings is 1. The molecule has 2 atom stereocenters. The standard InChI is InChI=1S/C20H21N5O/c1-24-6-4-15(11-24)25-19-16-8-13(9-21)2-3-17(16)22-10-18(19)23-20(25)14-5-7-26-12-14/h2-3,8,10,14-15H,4-7,11-12H2,1H3/t14-,15+/m0/s1. The Morgan fingerprint density at radius 2 is 2.19 bits per heavy atom. The zero-order valence-electron chi connectivity index (χ0n) is 14.9. The fourth-order valence-corrected chi connectivity index (χ4v) is 4.38. The van der Waals surface area contributed by atoms with E-state index in [2.05, 4.69) is 27.6 Å². The number of fused-ring (bicyclic) bond motifs is 3. The average molecular weight is 347 g/mol. The topological polar surface area (TPSA) is 67.0 Å². The molecule has 6 heteroatoms. The van der Waals surface area contributed by atoms with E-state index >= 15 is 0 Å². The first-order valence-corrected chi connectivity index (χ1v) is 9.21. The van der Waals surface area contributed by atoms with Crippen molar-refractivity contribution >= 4 is 21.9 Å². The maximum Gasteiger partial charge on any atom is 0.115 e. The zero-order chi connectivity index (χ0) is 17.7. The average Bonchev–Trinajstić information content (AvgIpc) is 3.39. The van der Waals surface area contributed by atoms with Gasteiger partial charge < -0.3 is 14.2 Å². The molecule has 0 spiro atoms. The fraction of sp³-hybridized carbons (Fsp3) is 0.450. The van der Waals surface area contributed by atoms with Crippen LogP contribution in [-0.2, 0) is 4.74 Å². The van der Waals surface area contributed by atoms with Gasteiger partial charge >= 0.3 is 0 Å². The van der Waals surface area contributed by atoms with Gasteiger partial charge in [-0.1, -0.05) is 0 Å². The summed E-state index contributed by atoms with van der Waals surface area (Å²) in [6, 6.07) is 8.38. The summed E-state index contributed by atoms with van der Waals surface area (Å²) in [5, 5.41) is 10.4. The molecule has 2 aromatic heterocycles. The minimum Gasteiger partial charge on any atom is -0.381 e. The van der Waals surface area contributed by atoms with Crippen molar-refractivity contribution in [3.63, 3.8) is 0 Å². The first-order chi connectivity index (χ1) is 12.7. The number of imidazole rings is 1. The first kappa shape index (κ1) is 15.7. The van der Waals surface area contributed by atoms with Crippen molar-refractivity contribution in [1.82, 2.24) is 19.4 Å². The van der Waals surface area contributed by atoms with E-state index in [-0.39, 0.29) is 0 Å². The van der Waals surface area contributed by atoms with E-state index in [9.17, 15) is 5.26 Å². The van der Waals surface area contributed by atoms with E-state index in [1.54, 1.807) is 0 Å². The zero-order valence-corrected chi connectivity index (χ0v) is 14.9. The number of hydrogen-bond acceptors (Lipinski definition) is 5. The third-order valence-electron chi connectivity index (χ3n) is 5.70. The van der Waals surface area contributed by atoms with Crippen LogP contribution in [0.25, 0.3) is 21.9 Å². The molecule has 1 aromatic carbocycles. The van der Waals surface area contributed by atoms with Gasteiger partial charge in [0.1, 0.15) is 11.3 Å². The first-order valence-electron chi connectivity index (χ1n) is 9.21. The molecule has 132 valence electrons. The van der Waals surface area contributed by atoms with Crippen molar-refractivity contribution < 1.29 is 4.74 Å². The van der Waals surface area contributed by atoms with Crippen LogP contribution in [0.1, 0.15) is 36.2 Å². The third kappa shape index (κ3) is 2.39. The van der Waals surface area contributed by atoms with Gasteiger partial charge in [0.2, 0.25) is 0 Å². The Hall–Kier alpha value is -2.49. The molecule has 0 saturated carbocycles. The maximum absolute atomic E-state index is 9.35. The highest BCUT2D eigenvalue weighted by Gasteiger charge is 2.31. The van der Waals surface area contributed by atoms with Gasteiger partial charge in [-0.15, -0.1) is 0 Å². The summed E-state index contributed by atoms with van der Waals surface area (Å²) in [5.74, 6) is 1.46. The maximum atomic E-state index is 9.35. The number of ether oxygens (including phenoxy) is 1. The lowest BCUT2D eigenvalue weighted by Gasteiger charge is -2.20. The molecule has 0 radical (unpaired) electrons. The molecule has 0 amide bonds. The second-order valence-corrected chi connectivity index (χ2v) is 7.44. The predicted octanol–water partition coefficient (Wildman–Crippen LogP) is 2.84. The number of likely N-dealkylation sites (N-methyl/N-ethyl adjacent to an activating group) is 1. The van der Waals surface area contributed by atoms with Crippen LogP contribution in [0, 0.1) is 11.3 Å². The minimum atomic E-state index is 0.336. The summed E-state index contributed by atoms with van der Waals surface area (Å²) in [6.45, 7) is 3.65. The molecular formula is C20H21N5O. The molecule has 0 N–H and O–H groups in total. The molecule has 26 heavy (non-hydrogen) atoms. The largest absolute Gasteiger partial charge is 0.381 e. The highest BCUT2D eigenvalue weighted by atomic mass is 16.5. The lowest BCUT2D eigenvalue weighted by molar-refractivity contribution is 0.192. The number of hydrogen-bond donors (Lipinski definition) is 0. The monoisotopic (exact) mass is 347 g/mol. The Labute approximate surface area is 152 Å². The summed E-state index contributed by atoms with van der Waals surface area (Å²) < 4.78 is 8.08. The van der Waals surface area contributed by atoms with Crippen molar-refractivity contribution in [3.8, 4) is 6.07 Å². The van der Waals surface area contributed by atoms with E-state index in [0.29, 0.717) is 17.5 Å². The predicted molar refractivity (Wildman–Crippen MR) is 99.1 cm³/mol. The Morgan fingerprint density at radius 3 is 2.92 bits per heavy atom. The van der Waals surface area contributed by atoms with Gasteiger partial charge in [-0.2, -0.15) is 5.26 Å². The normalized spacial score (nSPS) is 23.8. The van der Waals surface area contributed by atoms with Gasteiger partial charge in [0.15, 0.2) is 0 Å². The second kappa shape index (κ2) is 6.04. The number of benzene rings is 1. The Bertz CT molecular complexity index is 1030. The van der Waals surface area contributed by atoms with Crippen molar-refractivity contribution in [2.45, 2.75) is 24.8 Å². The number of nitrogens with zero attached hydrogens (tertiary/aromatic N) is 5. The molecule has 0 aliphatic carbocycles. The summed E-state index contributed by atoms with van der Waals surface area (Å²) >= 11 is 0. The Morgan fingerprint density at radius 1 is 1.27 bits per heavy atom. The number of nitriles is 1. The highest BCUT2D eigenvalue weighted by Crippen LogP contribution is 2.36. The smallest absolute Gasteiger partial charge is 0.115 e. The van der Waals surface area contributed by atoms with Gasteiger partial charge in [0, 0.05) is 30.5 Å². The SMILES string of the molecule is CN1CC[C@@H](n2c([C@H]3CCOC3)nc3cnc4ccc(C#N)cc4c32)C1. The quantitative estimate of drug-likeness (QED) is 0.713. The molecule has 2 saturated heterocycles. The molecule has 5 rings (SSSR count). The van der Waals surface area contributed by atoms with E-state index in [1.807, 2.05) is 24.4 Å². The van der Waals surface area contributed by atoms with Crippen LogP contribution in [0.2, 0.25) is 0 Å². The van der Waals surface area contributed by atoms with Crippen LogP contribution in [-0.4, -0.2) is 52.8 Å². The van der Waals surface area contributed by atoms with Gasteiger partial charge in [0.05, 0.1) is 35.5 Å². The molecule has 4 heterocycles. The van der Waals surface area contributed by atoms with Crippen LogP contribution in [0.4, 0.5) is 0 Å². The molecule has 0 bridgehead atoms. The van der Waals surface area contributed by atoms with Crippen LogP contribution < -0.4 is 0 Å². The van der Waals surface area contributed by atoms with Gasteiger partial charge in [-0.25, -0.2) is 4.98 Å². The van der Waals surface area contributed by atoms with Crippen molar-refractivity contribution in [1.29, 1.82) is 5.26 Å². The molecule has 2 aliphatic rings. The Kier molecular flexibility index (Phi) is 3.66. The fourth-order valence-electron chi connectivity index (χ4n) is 4.38. The number of aromatic nitrogens is 3. The number of likely N-dealkylation sites (tertiary alicyclic amines) is 1. The van der Waals surface area contributed by atoms with Crippen molar-refractivity contribution in [2.24, 2.45) is 0 Å². The van der Waals surface area contributed by atoms with E-state index in [4.69, 9.17) is 9.72 Å². The minimum absolute atomic E-state index is 0.336.